The van der Waals surface area contributed by atoms with Crippen LogP contribution in [0.3, 0.4) is 0 Å². The Balaban J connectivity index is 2.56. The standard InChI is InChI=1S/C10H21N3O/c1-3-6-13(8(2)10(11)14)9-4-5-12-7-9/h8-9,12H,3-7H2,1-2H3,(H2,11,14). The average molecular weight is 199 g/mol. The van der Waals surface area contributed by atoms with Gasteiger partial charge >= 0.3 is 0 Å². The lowest BCUT2D eigenvalue weighted by molar-refractivity contribution is -0.123. The minimum Gasteiger partial charge on any atom is -0.368 e. The van der Waals surface area contributed by atoms with Crippen molar-refractivity contribution in [3.8, 4) is 0 Å². The first-order chi connectivity index (χ1) is 6.66. The van der Waals surface area contributed by atoms with Crippen molar-refractivity contribution in [3.05, 3.63) is 0 Å². The van der Waals surface area contributed by atoms with Gasteiger partial charge < -0.3 is 11.1 Å². The summed E-state index contributed by atoms with van der Waals surface area (Å²) in [6.07, 6.45) is 2.19. The van der Waals surface area contributed by atoms with Crippen LogP contribution in [0.25, 0.3) is 0 Å². The Morgan fingerprint density at radius 3 is 2.86 bits per heavy atom. The number of nitrogens with two attached hydrogens (primary N) is 1. The highest BCUT2D eigenvalue weighted by Gasteiger charge is 2.27. The summed E-state index contributed by atoms with van der Waals surface area (Å²) in [5.41, 5.74) is 5.33. The molecule has 3 N–H and O–H groups in total. The fraction of sp³-hybridized carbons (Fsp3) is 0.900. The van der Waals surface area contributed by atoms with Crippen LogP contribution in [0, 0.1) is 0 Å². The van der Waals surface area contributed by atoms with Crippen LogP contribution in [-0.2, 0) is 4.79 Å². The van der Waals surface area contributed by atoms with Gasteiger partial charge in [-0.05, 0) is 32.9 Å². The van der Waals surface area contributed by atoms with Gasteiger partial charge in [-0.1, -0.05) is 6.92 Å². The van der Waals surface area contributed by atoms with E-state index in [1.807, 2.05) is 6.92 Å². The highest BCUT2D eigenvalue weighted by molar-refractivity contribution is 5.79. The molecule has 1 heterocycles. The molecule has 0 saturated carbocycles. The summed E-state index contributed by atoms with van der Waals surface area (Å²) >= 11 is 0. The SMILES string of the molecule is CCCN(C1CCNC1)C(C)C(N)=O. The fourth-order valence-electron chi connectivity index (χ4n) is 2.04. The van der Waals surface area contributed by atoms with E-state index in [1.165, 1.54) is 0 Å². The molecule has 0 spiro atoms. The number of rotatable bonds is 5. The van der Waals surface area contributed by atoms with E-state index in [0.29, 0.717) is 6.04 Å². The van der Waals surface area contributed by atoms with Crippen LogP contribution in [-0.4, -0.2) is 42.5 Å². The van der Waals surface area contributed by atoms with Gasteiger partial charge in [-0.15, -0.1) is 0 Å². The summed E-state index contributed by atoms with van der Waals surface area (Å²) < 4.78 is 0. The highest BCUT2D eigenvalue weighted by atomic mass is 16.1. The maximum Gasteiger partial charge on any atom is 0.234 e. The highest BCUT2D eigenvalue weighted by Crippen LogP contribution is 2.12. The zero-order valence-electron chi connectivity index (χ0n) is 9.12. The van der Waals surface area contributed by atoms with Crippen LogP contribution in [0.15, 0.2) is 0 Å². The van der Waals surface area contributed by atoms with Gasteiger partial charge in [0.1, 0.15) is 0 Å². The summed E-state index contributed by atoms with van der Waals surface area (Å²) in [5.74, 6) is -0.217. The number of hydrogen-bond acceptors (Lipinski definition) is 3. The molecule has 1 fully saturated rings. The van der Waals surface area contributed by atoms with E-state index < -0.39 is 0 Å². The fourth-order valence-corrected chi connectivity index (χ4v) is 2.04. The second-order valence-corrected chi connectivity index (χ2v) is 3.96. The van der Waals surface area contributed by atoms with Gasteiger partial charge in [0.25, 0.3) is 0 Å². The molecule has 0 aromatic carbocycles. The Morgan fingerprint density at radius 2 is 2.43 bits per heavy atom. The molecular weight excluding hydrogens is 178 g/mol. The minimum absolute atomic E-state index is 0.139. The molecule has 82 valence electrons. The maximum absolute atomic E-state index is 11.1. The van der Waals surface area contributed by atoms with Crippen molar-refractivity contribution < 1.29 is 4.79 Å². The van der Waals surface area contributed by atoms with Crippen LogP contribution >= 0.6 is 0 Å². The maximum atomic E-state index is 11.1. The molecule has 2 atom stereocenters. The lowest BCUT2D eigenvalue weighted by atomic mass is 10.1. The number of hydrogen-bond donors (Lipinski definition) is 2. The molecule has 4 nitrogen and oxygen atoms in total. The lowest BCUT2D eigenvalue weighted by Crippen LogP contribution is -2.49. The Kier molecular flexibility index (Phi) is 4.35. The smallest absolute Gasteiger partial charge is 0.234 e. The van der Waals surface area contributed by atoms with Gasteiger partial charge in [0.15, 0.2) is 0 Å². The summed E-state index contributed by atoms with van der Waals surface area (Å²) in [5, 5.41) is 3.31. The van der Waals surface area contributed by atoms with Crippen molar-refractivity contribution >= 4 is 5.91 Å². The van der Waals surface area contributed by atoms with Gasteiger partial charge in [0, 0.05) is 12.6 Å². The summed E-state index contributed by atoms with van der Waals surface area (Å²) in [6.45, 7) is 7.02. The molecule has 0 aliphatic carbocycles. The number of carbonyl (C=O) groups excluding carboxylic acids is 1. The normalized spacial score (nSPS) is 24.1. The molecular formula is C10H21N3O. The monoisotopic (exact) mass is 199 g/mol. The summed E-state index contributed by atoms with van der Waals surface area (Å²) in [4.78, 5) is 13.4. The largest absolute Gasteiger partial charge is 0.368 e. The van der Waals surface area contributed by atoms with Crippen LogP contribution in [0.1, 0.15) is 26.7 Å². The average Bonchev–Trinajstić information content (AvgIpc) is 2.65. The van der Waals surface area contributed by atoms with E-state index in [9.17, 15) is 4.79 Å². The molecule has 1 aliphatic rings. The quantitative estimate of drug-likeness (QED) is 0.652. The van der Waals surface area contributed by atoms with Crippen molar-refractivity contribution in [1.29, 1.82) is 0 Å². The number of nitrogens with one attached hydrogen (secondary N) is 1. The number of nitrogens with zero attached hydrogens (tertiary/aromatic N) is 1. The third-order valence-electron chi connectivity index (χ3n) is 2.89. The summed E-state index contributed by atoms with van der Waals surface area (Å²) in [6, 6.07) is 0.345. The Hall–Kier alpha value is -0.610. The van der Waals surface area contributed by atoms with E-state index >= 15 is 0 Å². The first kappa shape index (κ1) is 11.5. The number of carbonyl (C=O) groups is 1. The minimum atomic E-state index is -0.217. The van der Waals surface area contributed by atoms with Gasteiger partial charge in [0.2, 0.25) is 5.91 Å². The molecule has 1 rings (SSSR count). The van der Waals surface area contributed by atoms with Gasteiger partial charge in [-0.25, -0.2) is 0 Å². The van der Waals surface area contributed by atoms with Crippen molar-refractivity contribution in [1.82, 2.24) is 10.2 Å². The van der Waals surface area contributed by atoms with Crippen LogP contribution in [0.4, 0.5) is 0 Å². The van der Waals surface area contributed by atoms with E-state index in [-0.39, 0.29) is 11.9 Å². The molecule has 0 bridgehead atoms. The third kappa shape index (κ3) is 2.69. The van der Waals surface area contributed by atoms with Crippen LogP contribution in [0.5, 0.6) is 0 Å². The number of primary amides is 1. The predicted octanol–water partition coefficient (Wildman–Crippen LogP) is -0.0659. The topological polar surface area (TPSA) is 58.4 Å². The van der Waals surface area contributed by atoms with E-state index in [2.05, 4.69) is 17.1 Å². The van der Waals surface area contributed by atoms with E-state index in [1.54, 1.807) is 0 Å². The van der Waals surface area contributed by atoms with E-state index in [4.69, 9.17) is 5.73 Å². The third-order valence-corrected chi connectivity index (χ3v) is 2.89. The number of amides is 1. The van der Waals surface area contributed by atoms with E-state index in [0.717, 1.165) is 32.5 Å². The molecule has 1 aliphatic heterocycles. The second kappa shape index (κ2) is 5.32. The first-order valence-electron chi connectivity index (χ1n) is 5.42. The summed E-state index contributed by atoms with van der Waals surface area (Å²) in [7, 11) is 0. The molecule has 0 aromatic heterocycles. The molecule has 0 aromatic rings. The molecule has 2 unspecified atom stereocenters. The Labute approximate surface area is 85.8 Å². The molecule has 0 radical (unpaired) electrons. The molecule has 1 saturated heterocycles. The molecule has 1 amide bonds. The van der Waals surface area contributed by atoms with Crippen molar-refractivity contribution in [2.24, 2.45) is 5.73 Å². The first-order valence-corrected chi connectivity index (χ1v) is 5.42. The lowest BCUT2D eigenvalue weighted by Gasteiger charge is -2.31. The van der Waals surface area contributed by atoms with Crippen molar-refractivity contribution in [3.63, 3.8) is 0 Å². The van der Waals surface area contributed by atoms with Gasteiger partial charge in [0.05, 0.1) is 6.04 Å². The second-order valence-electron chi connectivity index (χ2n) is 3.96. The zero-order chi connectivity index (χ0) is 10.6. The molecule has 14 heavy (non-hydrogen) atoms. The van der Waals surface area contributed by atoms with Crippen LogP contribution in [0.2, 0.25) is 0 Å². The predicted molar refractivity (Wildman–Crippen MR) is 56.9 cm³/mol. The van der Waals surface area contributed by atoms with Crippen molar-refractivity contribution in [2.45, 2.75) is 38.8 Å². The van der Waals surface area contributed by atoms with Crippen LogP contribution < -0.4 is 11.1 Å². The Bertz CT molecular complexity index is 190. The van der Waals surface area contributed by atoms with Gasteiger partial charge in [-0.3, -0.25) is 9.69 Å². The molecule has 4 heteroatoms. The van der Waals surface area contributed by atoms with Gasteiger partial charge in [-0.2, -0.15) is 0 Å². The zero-order valence-corrected chi connectivity index (χ0v) is 9.12. The van der Waals surface area contributed by atoms with Crippen molar-refractivity contribution in [2.75, 3.05) is 19.6 Å². The Morgan fingerprint density at radius 1 is 1.71 bits per heavy atom.